The molecule has 0 amide bonds. The van der Waals surface area contributed by atoms with Crippen molar-refractivity contribution in [2.45, 2.75) is 27.5 Å². The normalized spacial score (nSPS) is 11.4. The highest BCUT2D eigenvalue weighted by atomic mass is 16.6. The molecule has 0 saturated heterocycles. The van der Waals surface area contributed by atoms with E-state index in [0.717, 1.165) is 0 Å². The number of carbonyl (C=O) groups is 1. The van der Waals surface area contributed by atoms with Gasteiger partial charge in [0.2, 0.25) is 5.88 Å². The first-order valence-corrected chi connectivity index (χ1v) is 8.58. The number of nitro benzene ring substituents is 1. The van der Waals surface area contributed by atoms with E-state index in [4.69, 9.17) is 9.47 Å². The van der Waals surface area contributed by atoms with E-state index in [0.29, 0.717) is 22.5 Å². The lowest BCUT2D eigenvalue weighted by Crippen LogP contribution is -2.24. The average Bonchev–Trinajstić information content (AvgIpc) is 3.02. The van der Waals surface area contributed by atoms with E-state index >= 15 is 0 Å². The van der Waals surface area contributed by atoms with Crippen LogP contribution in [0.1, 0.15) is 20.8 Å². The molecule has 1 aromatic carbocycles. The number of hydrogen-bond donors (Lipinski definition) is 0. The summed E-state index contributed by atoms with van der Waals surface area (Å²) in [6.45, 7) is 5.34. The van der Waals surface area contributed by atoms with Gasteiger partial charge < -0.3 is 9.47 Å². The molecule has 2 heterocycles. The highest BCUT2D eigenvalue weighted by Gasteiger charge is 2.23. The van der Waals surface area contributed by atoms with Crippen LogP contribution in [0.4, 0.5) is 5.69 Å². The first-order valence-electron chi connectivity index (χ1n) is 8.58. The summed E-state index contributed by atoms with van der Waals surface area (Å²) in [7, 11) is 1.71. The molecule has 0 fully saturated rings. The molecule has 0 atom stereocenters. The van der Waals surface area contributed by atoms with E-state index in [9.17, 15) is 14.9 Å². The lowest BCUT2D eigenvalue weighted by molar-refractivity contribution is -0.384. The molecule has 0 aliphatic heterocycles. The summed E-state index contributed by atoms with van der Waals surface area (Å²) >= 11 is 0. The van der Waals surface area contributed by atoms with Crippen molar-refractivity contribution in [2.24, 2.45) is 5.41 Å². The lowest BCUT2D eigenvalue weighted by atomic mass is 9.98. The van der Waals surface area contributed by atoms with Crippen LogP contribution in [0.15, 0.2) is 36.5 Å². The Morgan fingerprint density at radius 2 is 2.04 bits per heavy atom. The van der Waals surface area contributed by atoms with Crippen LogP contribution in [0.2, 0.25) is 0 Å². The number of non-ortho nitro benzene ring substituents is 1. The minimum absolute atomic E-state index is 0.00626. The van der Waals surface area contributed by atoms with Gasteiger partial charge in [-0.2, -0.15) is 0 Å². The van der Waals surface area contributed by atoms with Gasteiger partial charge in [-0.05, 0) is 32.9 Å². The van der Waals surface area contributed by atoms with Crippen molar-refractivity contribution >= 4 is 36.3 Å². The van der Waals surface area contributed by atoms with E-state index in [1.165, 1.54) is 18.2 Å². The maximum absolute atomic E-state index is 12.0. The number of ether oxygens (including phenoxy) is 2. The van der Waals surface area contributed by atoms with Crippen molar-refractivity contribution in [2.75, 3.05) is 0 Å². The Morgan fingerprint density at radius 1 is 1.29 bits per heavy atom. The van der Waals surface area contributed by atoms with Crippen LogP contribution in [0.25, 0.3) is 11.0 Å². The molecule has 3 rings (SSSR count). The van der Waals surface area contributed by atoms with Gasteiger partial charge in [0.05, 0.1) is 27.5 Å². The number of esters is 1. The van der Waals surface area contributed by atoms with Crippen molar-refractivity contribution in [3.63, 3.8) is 0 Å². The summed E-state index contributed by atoms with van der Waals surface area (Å²) in [5.74, 6) is 0.234. The molecule has 0 bridgehead atoms. The van der Waals surface area contributed by atoms with Gasteiger partial charge in [0.25, 0.3) is 5.69 Å². The Balaban J connectivity index is 1.90. The zero-order valence-electron chi connectivity index (χ0n) is 16.0. The highest BCUT2D eigenvalue weighted by molar-refractivity contribution is 6.29. The molecule has 10 heteroatoms. The van der Waals surface area contributed by atoms with E-state index in [2.05, 4.69) is 9.97 Å². The van der Waals surface area contributed by atoms with Gasteiger partial charge in [-0.15, -0.1) is 0 Å². The van der Waals surface area contributed by atoms with E-state index in [1.54, 1.807) is 51.5 Å². The Hall–Kier alpha value is -3.43. The van der Waals surface area contributed by atoms with Crippen LogP contribution in [0.3, 0.4) is 0 Å². The zero-order chi connectivity index (χ0) is 20.5. The van der Waals surface area contributed by atoms with Crippen molar-refractivity contribution < 1.29 is 19.2 Å². The Kier molecular flexibility index (Phi) is 5.04. The van der Waals surface area contributed by atoms with E-state index < -0.39 is 10.3 Å². The third-order valence-electron chi connectivity index (χ3n) is 3.89. The number of hydrogen-bond acceptors (Lipinski definition) is 7. The number of benzene rings is 1. The maximum atomic E-state index is 12.0. The molecule has 9 nitrogen and oxygen atoms in total. The summed E-state index contributed by atoms with van der Waals surface area (Å²) in [6, 6.07) is 7.60. The van der Waals surface area contributed by atoms with Gasteiger partial charge >= 0.3 is 5.97 Å². The zero-order valence-corrected chi connectivity index (χ0v) is 16.0. The molecule has 28 heavy (non-hydrogen) atoms. The van der Waals surface area contributed by atoms with Gasteiger partial charge in [-0.1, -0.05) is 6.07 Å². The van der Waals surface area contributed by atoms with Gasteiger partial charge in [0.15, 0.2) is 14.6 Å². The number of fused-ring (bicyclic) bond motifs is 1. The predicted octanol–water partition coefficient (Wildman–Crippen LogP) is 1.94. The number of nitro groups is 1. The van der Waals surface area contributed by atoms with Crippen molar-refractivity contribution in [3.05, 3.63) is 46.6 Å². The lowest BCUT2D eigenvalue weighted by Gasteiger charge is -2.17. The highest BCUT2D eigenvalue weighted by Crippen LogP contribution is 2.29. The quantitative estimate of drug-likeness (QED) is 0.287. The van der Waals surface area contributed by atoms with Crippen LogP contribution in [0, 0.1) is 15.5 Å². The number of carbonyl (C=O) groups excluding carboxylic acids is 1. The summed E-state index contributed by atoms with van der Waals surface area (Å²) in [4.78, 5) is 31.2. The molecule has 2 aromatic heterocycles. The second kappa shape index (κ2) is 7.30. The van der Waals surface area contributed by atoms with Gasteiger partial charge in [-0.25, -0.2) is 9.97 Å². The molecule has 0 saturated carbocycles. The summed E-state index contributed by atoms with van der Waals surface area (Å²) in [6.07, 6.45) is 1.72. The van der Waals surface area contributed by atoms with Crippen LogP contribution in [-0.2, 0) is 16.3 Å². The number of aromatic nitrogens is 3. The molecule has 0 N–H and O–H groups in total. The Morgan fingerprint density at radius 3 is 2.71 bits per heavy atom. The molecular formula is C18H19BN4O5. The molecule has 0 unspecified atom stereocenters. The van der Waals surface area contributed by atoms with Crippen LogP contribution < -0.4 is 10.5 Å². The van der Waals surface area contributed by atoms with E-state index in [-0.39, 0.29) is 24.3 Å². The van der Waals surface area contributed by atoms with E-state index in [1.807, 2.05) is 0 Å². The summed E-state index contributed by atoms with van der Waals surface area (Å²) < 4.78 is 12.8. The summed E-state index contributed by atoms with van der Waals surface area (Å²) in [5.41, 5.74) is 0.306. The van der Waals surface area contributed by atoms with Gasteiger partial charge in [-0.3, -0.25) is 19.5 Å². The molecule has 144 valence electrons. The van der Waals surface area contributed by atoms with Crippen LogP contribution in [0.5, 0.6) is 11.6 Å². The SMILES string of the molecule is Bc1nc(Oc2cccc([N+](=O)[O-])c2)c2ccn(COC(=O)C(C)(C)C)c2n1. The molecule has 0 aliphatic carbocycles. The van der Waals surface area contributed by atoms with Crippen LogP contribution in [-0.4, -0.2) is 33.3 Å². The fourth-order valence-corrected chi connectivity index (χ4v) is 2.44. The first kappa shape index (κ1) is 19.3. The standard InChI is InChI=1S/C18H19BN4O5/c1-18(2,3)16(24)27-10-22-8-7-13-14(22)20-17(19)21-15(13)28-12-6-4-5-11(9-12)23(25)26/h4-9H,10,19H2,1-3H3. The van der Waals surface area contributed by atoms with Crippen molar-refractivity contribution in [1.82, 2.24) is 14.5 Å². The fourth-order valence-electron chi connectivity index (χ4n) is 2.44. The minimum Gasteiger partial charge on any atom is -0.443 e. The number of rotatable bonds is 5. The molecule has 3 aromatic rings. The first-order chi connectivity index (χ1) is 13.1. The third-order valence-corrected chi connectivity index (χ3v) is 3.89. The monoisotopic (exact) mass is 382 g/mol. The fraction of sp³-hybridized carbons (Fsp3) is 0.278. The van der Waals surface area contributed by atoms with Crippen molar-refractivity contribution in [1.29, 1.82) is 0 Å². The Bertz CT molecular complexity index is 1060. The van der Waals surface area contributed by atoms with Crippen molar-refractivity contribution in [3.8, 4) is 11.6 Å². The van der Waals surface area contributed by atoms with Gasteiger partial charge in [0, 0.05) is 12.3 Å². The van der Waals surface area contributed by atoms with Crippen LogP contribution >= 0.6 is 0 Å². The number of nitrogens with zero attached hydrogens (tertiary/aromatic N) is 4. The Labute approximate surface area is 161 Å². The molecule has 0 aliphatic rings. The third kappa shape index (κ3) is 4.11. The minimum atomic E-state index is -0.607. The maximum Gasteiger partial charge on any atom is 0.312 e. The predicted molar refractivity (Wildman–Crippen MR) is 104 cm³/mol. The second-order valence-corrected chi connectivity index (χ2v) is 7.27. The molecular weight excluding hydrogens is 363 g/mol. The smallest absolute Gasteiger partial charge is 0.312 e. The summed E-state index contributed by atoms with van der Waals surface area (Å²) in [5, 5.41) is 11.6. The second-order valence-electron chi connectivity index (χ2n) is 7.27. The average molecular weight is 382 g/mol. The van der Waals surface area contributed by atoms with Gasteiger partial charge in [0.1, 0.15) is 11.4 Å². The largest absolute Gasteiger partial charge is 0.443 e. The topological polar surface area (TPSA) is 109 Å². The molecule has 0 radical (unpaired) electrons. The molecule has 0 spiro atoms.